The van der Waals surface area contributed by atoms with Crippen LogP contribution < -0.4 is 5.32 Å². The van der Waals surface area contributed by atoms with Gasteiger partial charge in [-0.15, -0.1) is 11.3 Å². The maximum absolute atomic E-state index is 13.2. The van der Waals surface area contributed by atoms with Gasteiger partial charge in [0.1, 0.15) is 10.6 Å². The molecule has 1 saturated heterocycles. The minimum Gasteiger partial charge on any atom is -0.339 e. The topological polar surface area (TPSA) is 67.2 Å². The molecule has 0 unspecified atom stereocenters. The van der Waals surface area contributed by atoms with Gasteiger partial charge in [0, 0.05) is 23.5 Å². The fourth-order valence-corrected chi connectivity index (χ4v) is 5.40. The number of carbonyl (C=O) groups is 2. The Morgan fingerprint density at radius 3 is 2.59 bits per heavy atom. The Morgan fingerprint density at radius 1 is 1.12 bits per heavy atom. The van der Waals surface area contributed by atoms with E-state index in [9.17, 15) is 14.0 Å². The van der Waals surface area contributed by atoms with Crippen LogP contribution in [0.5, 0.6) is 0 Å². The molecule has 0 atom stereocenters. The molecule has 0 aliphatic carbocycles. The van der Waals surface area contributed by atoms with Gasteiger partial charge in [0.2, 0.25) is 0 Å². The molecule has 4 aromatic rings. The first-order valence-corrected chi connectivity index (χ1v) is 12.2. The summed E-state index contributed by atoms with van der Waals surface area (Å²) in [5, 5.41) is 8.81. The number of likely N-dealkylation sites (tertiary alicyclic amines) is 1. The molecule has 1 aliphatic rings. The van der Waals surface area contributed by atoms with Crippen molar-refractivity contribution in [1.82, 2.24) is 14.7 Å². The van der Waals surface area contributed by atoms with Crippen LogP contribution in [0, 0.1) is 12.7 Å². The molecule has 0 spiro atoms. The van der Waals surface area contributed by atoms with Crippen LogP contribution in [0.2, 0.25) is 5.02 Å². The third-order valence-corrected chi connectivity index (χ3v) is 7.31. The van der Waals surface area contributed by atoms with E-state index in [1.165, 1.54) is 23.5 Å². The lowest BCUT2D eigenvalue weighted by atomic mass is 10.1. The van der Waals surface area contributed by atoms with Crippen LogP contribution in [-0.2, 0) is 6.54 Å². The number of anilines is 1. The van der Waals surface area contributed by atoms with E-state index in [0.717, 1.165) is 34.3 Å². The van der Waals surface area contributed by atoms with Gasteiger partial charge in [0.15, 0.2) is 0 Å². The number of hydrogen-bond acceptors (Lipinski definition) is 4. The Balaban J connectivity index is 1.41. The van der Waals surface area contributed by atoms with Crippen molar-refractivity contribution < 1.29 is 14.0 Å². The first-order chi connectivity index (χ1) is 16.4. The summed E-state index contributed by atoms with van der Waals surface area (Å²) in [4.78, 5) is 29.3. The van der Waals surface area contributed by atoms with Gasteiger partial charge in [-0.3, -0.25) is 14.3 Å². The predicted octanol–water partition coefficient (Wildman–Crippen LogP) is 5.74. The molecule has 174 valence electrons. The van der Waals surface area contributed by atoms with Crippen molar-refractivity contribution in [1.29, 1.82) is 0 Å². The van der Waals surface area contributed by atoms with E-state index < -0.39 is 0 Å². The highest BCUT2D eigenvalue weighted by Crippen LogP contribution is 2.31. The number of aryl methyl sites for hydroxylation is 1. The summed E-state index contributed by atoms with van der Waals surface area (Å²) >= 11 is 7.49. The molecule has 2 amide bonds. The number of benzene rings is 2. The first kappa shape index (κ1) is 22.6. The van der Waals surface area contributed by atoms with Crippen molar-refractivity contribution in [3.8, 4) is 0 Å². The van der Waals surface area contributed by atoms with Gasteiger partial charge in [-0.2, -0.15) is 5.10 Å². The van der Waals surface area contributed by atoms with Crippen LogP contribution in [0.15, 0.2) is 48.5 Å². The molecule has 34 heavy (non-hydrogen) atoms. The maximum Gasteiger partial charge on any atom is 0.265 e. The average molecular weight is 497 g/mol. The molecule has 9 heteroatoms. The molecule has 0 bridgehead atoms. The smallest absolute Gasteiger partial charge is 0.265 e. The number of rotatable bonds is 5. The summed E-state index contributed by atoms with van der Waals surface area (Å²) in [7, 11) is 0. The van der Waals surface area contributed by atoms with Crippen LogP contribution in [0.1, 0.15) is 44.1 Å². The zero-order valence-corrected chi connectivity index (χ0v) is 20.0. The van der Waals surface area contributed by atoms with Crippen LogP contribution in [0.25, 0.3) is 10.2 Å². The Hall–Kier alpha value is -3.23. The second kappa shape index (κ2) is 9.19. The predicted molar refractivity (Wildman–Crippen MR) is 132 cm³/mol. The van der Waals surface area contributed by atoms with Crippen molar-refractivity contribution >= 4 is 50.7 Å². The zero-order valence-electron chi connectivity index (χ0n) is 18.5. The molecule has 2 aromatic carbocycles. The van der Waals surface area contributed by atoms with E-state index in [1.54, 1.807) is 35.2 Å². The van der Waals surface area contributed by atoms with E-state index in [0.29, 0.717) is 40.8 Å². The monoisotopic (exact) mass is 496 g/mol. The van der Waals surface area contributed by atoms with Crippen LogP contribution >= 0.6 is 22.9 Å². The largest absolute Gasteiger partial charge is 0.339 e. The van der Waals surface area contributed by atoms with Gasteiger partial charge >= 0.3 is 0 Å². The quantitative estimate of drug-likeness (QED) is 0.383. The number of thiophene rings is 1. The minimum absolute atomic E-state index is 0.127. The molecule has 1 aliphatic heterocycles. The molecule has 1 N–H and O–H groups in total. The average Bonchev–Trinajstić information content (AvgIpc) is 3.56. The Kier molecular flexibility index (Phi) is 6.10. The van der Waals surface area contributed by atoms with E-state index >= 15 is 0 Å². The Labute approximate surface area is 204 Å². The molecular weight excluding hydrogens is 475 g/mol. The van der Waals surface area contributed by atoms with E-state index in [4.69, 9.17) is 11.6 Å². The van der Waals surface area contributed by atoms with Gasteiger partial charge in [0.25, 0.3) is 11.8 Å². The molecule has 2 aromatic heterocycles. The molecule has 6 nitrogen and oxygen atoms in total. The molecule has 0 radical (unpaired) electrons. The van der Waals surface area contributed by atoms with Crippen molar-refractivity contribution in [2.45, 2.75) is 26.3 Å². The van der Waals surface area contributed by atoms with Crippen LogP contribution in [0.4, 0.5) is 10.1 Å². The second-order valence-corrected chi connectivity index (χ2v) is 9.81. The van der Waals surface area contributed by atoms with Crippen LogP contribution in [-0.4, -0.2) is 39.6 Å². The highest BCUT2D eigenvalue weighted by molar-refractivity contribution is 7.20. The van der Waals surface area contributed by atoms with Gasteiger partial charge in [-0.1, -0.05) is 23.7 Å². The summed E-state index contributed by atoms with van der Waals surface area (Å²) < 4.78 is 15.1. The lowest BCUT2D eigenvalue weighted by Gasteiger charge is -2.18. The lowest BCUT2D eigenvalue weighted by Crippen LogP contribution is -2.28. The maximum atomic E-state index is 13.2. The fourth-order valence-electron chi connectivity index (χ4n) is 4.17. The molecule has 1 fully saturated rings. The van der Waals surface area contributed by atoms with Gasteiger partial charge < -0.3 is 10.2 Å². The summed E-state index contributed by atoms with van der Waals surface area (Å²) in [6, 6.07) is 13.0. The molecular formula is C25H22ClFN4O2S. The fraction of sp³-hybridized carbons (Fsp3) is 0.240. The Morgan fingerprint density at radius 2 is 1.85 bits per heavy atom. The number of fused-ring (bicyclic) bond motifs is 1. The number of aromatic nitrogens is 2. The number of halogens is 2. The van der Waals surface area contributed by atoms with Crippen molar-refractivity contribution in [2.24, 2.45) is 0 Å². The Bertz CT molecular complexity index is 1390. The van der Waals surface area contributed by atoms with Gasteiger partial charge in [-0.05, 0) is 61.7 Å². The highest BCUT2D eigenvalue weighted by Gasteiger charge is 2.24. The third kappa shape index (κ3) is 4.43. The lowest BCUT2D eigenvalue weighted by molar-refractivity contribution is 0.0794. The highest BCUT2D eigenvalue weighted by atomic mass is 35.5. The summed E-state index contributed by atoms with van der Waals surface area (Å²) in [5.74, 6) is -0.713. The standard InChI is InChI=1S/C25H22ClFN4O2S/c1-15-19-13-22(34-25(19)31(29-15)14-16-4-7-18(27)8-5-16)23(32)28-21-9-6-17(26)12-20(21)24(33)30-10-2-3-11-30/h4-9,12-13H,2-3,10-11,14H2,1H3,(H,28,32). The SMILES string of the molecule is Cc1nn(Cc2ccc(F)cc2)c2sc(C(=O)Nc3ccc(Cl)cc3C(=O)N3CCCC3)cc12. The van der Waals surface area contributed by atoms with E-state index in [1.807, 2.05) is 17.7 Å². The molecule has 3 heterocycles. The molecule has 0 saturated carbocycles. The van der Waals surface area contributed by atoms with E-state index in [-0.39, 0.29) is 17.6 Å². The van der Waals surface area contributed by atoms with Crippen molar-refractivity contribution in [3.63, 3.8) is 0 Å². The number of nitrogens with zero attached hydrogens (tertiary/aromatic N) is 3. The van der Waals surface area contributed by atoms with Gasteiger partial charge in [-0.25, -0.2) is 4.39 Å². The minimum atomic E-state index is -0.299. The normalized spacial score (nSPS) is 13.6. The molecule has 5 rings (SSSR count). The van der Waals surface area contributed by atoms with Gasteiger partial charge in [0.05, 0.1) is 28.4 Å². The first-order valence-electron chi connectivity index (χ1n) is 11.0. The summed E-state index contributed by atoms with van der Waals surface area (Å²) in [5.41, 5.74) is 2.55. The van der Waals surface area contributed by atoms with Crippen molar-refractivity contribution in [2.75, 3.05) is 18.4 Å². The second-order valence-electron chi connectivity index (χ2n) is 8.34. The summed E-state index contributed by atoms with van der Waals surface area (Å²) in [6.45, 7) is 3.78. The number of amides is 2. The zero-order chi connectivity index (χ0) is 23.8. The van der Waals surface area contributed by atoms with Crippen LogP contribution in [0.3, 0.4) is 0 Å². The van der Waals surface area contributed by atoms with Crippen molar-refractivity contribution in [3.05, 3.63) is 81.1 Å². The third-order valence-electron chi connectivity index (χ3n) is 5.93. The number of carbonyl (C=O) groups excluding carboxylic acids is 2. The number of hydrogen-bond donors (Lipinski definition) is 1. The summed E-state index contributed by atoms with van der Waals surface area (Å²) in [6.07, 6.45) is 1.95. The number of nitrogens with one attached hydrogen (secondary N) is 1. The van der Waals surface area contributed by atoms with E-state index in [2.05, 4.69) is 10.4 Å².